The van der Waals surface area contributed by atoms with Crippen molar-refractivity contribution in [1.29, 1.82) is 0 Å². The summed E-state index contributed by atoms with van der Waals surface area (Å²) in [6, 6.07) is 5.92. The van der Waals surface area contributed by atoms with E-state index in [0.29, 0.717) is 12.2 Å². The van der Waals surface area contributed by atoms with Crippen molar-refractivity contribution in [3.05, 3.63) is 41.0 Å². The van der Waals surface area contributed by atoms with E-state index in [1.54, 1.807) is 0 Å². The van der Waals surface area contributed by atoms with Crippen molar-refractivity contribution in [2.45, 2.75) is 46.6 Å². The summed E-state index contributed by atoms with van der Waals surface area (Å²) in [6.07, 6.45) is 0. The third-order valence-corrected chi connectivity index (χ3v) is 3.98. The number of nitrogens with two attached hydrogens (primary N) is 1. The largest absolute Gasteiger partial charge is 0.397 e. The van der Waals surface area contributed by atoms with Crippen LogP contribution in [0.2, 0.25) is 0 Å². The molecule has 0 aliphatic rings. The number of para-hydroxylation sites is 1. The van der Waals surface area contributed by atoms with Gasteiger partial charge in [-0.05, 0) is 26.0 Å². The zero-order valence-corrected chi connectivity index (χ0v) is 13.8. The maximum Gasteiger partial charge on any atom is 0.138 e. The Labute approximate surface area is 130 Å². The van der Waals surface area contributed by atoms with Gasteiger partial charge in [0.25, 0.3) is 0 Å². The van der Waals surface area contributed by atoms with Gasteiger partial charge in [-0.3, -0.25) is 0 Å². The first-order chi connectivity index (χ1) is 10.3. The first-order valence-electron chi connectivity index (χ1n) is 7.46. The summed E-state index contributed by atoms with van der Waals surface area (Å²) in [5.74, 6) is 1.86. The zero-order chi connectivity index (χ0) is 16.1. The highest BCUT2D eigenvalue weighted by Crippen LogP contribution is 2.30. The molecule has 0 aliphatic heterocycles. The lowest BCUT2D eigenvalue weighted by atomic mass is 9.95. The number of benzene rings is 1. The fourth-order valence-electron chi connectivity index (χ4n) is 2.79. The molecule has 3 rings (SSSR count). The Kier molecular flexibility index (Phi) is 3.24. The molecular weight excluding hydrogens is 276 g/mol. The van der Waals surface area contributed by atoms with E-state index in [1.807, 2.05) is 26.0 Å². The average Bonchev–Trinajstić information content (AvgIpc) is 2.95. The first kappa shape index (κ1) is 14.6. The van der Waals surface area contributed by atoms with Crippen LogP contribution in [0.4, 0.5) is 5.69 Å². The summed E-state index contributed by atoms with van der Waals surface area (Å²) in [7, 11) is 0. The third-order valence-electron chi connectivity index (χ3n) is 3.98. The number of anilines is 1. The average molecular weight is 298 g/mol. The number of hydrogen-bond acceptors (Lipinski definition) is 4. The molecule has 0 spiro atoms. The fraction of sp³-hybridized carbons (Fsp3) is 0.412. The molecule has 2 heterocycles. The molecule has 116 valence electrons. The van der Waals surface area contributed by atoms with Crippen molar-refractivity contribution in [2.24, 2.45) is 0 Å². The highest BCUT2D eigenvalue weighted by atomic mass is 16.5. The Morgan fingerprint density at radius 2 is 1.95 bits per heavy atom. The van der Waals surface area contributed by atoms with Crippen LogP contribution in [-0.2, 0) is 12.0 Å². The van der Waals surface area contributed by atoms with Gasteiger partial charge in [0.1, 0.15) is 17.1 Å². The molecule has 0 saturated heterocycles. The van der Waals surface area contributed by atoms with Gasteiger partial charge in [0.15, 0.2) is 0 Å². The summed E-state index contributed by atoms with van der Waals surface area (Å²) in [4.78, 5) is 4.81. The molecule has 2 N–H and O–H groups in total. The van der Waals surface area contributed by atoms with Gasteiger partial charge in [0.05, 0.1) is 23.4 Å². The van der Waals surface area contributed by atoms with Crippen molar-refractivity contribution < 1.29 is 4.52 Å². The lowest BCUT2D eigenvalue weighted by molar-refractivity contribution is 0.391. The normalized spacial score (nSPS) is 12.2. The minimum absolute atomic E-state index is 0.0789. The van der Waals surface area contributed by atoms with Gasteiger partial charge >= 0.3 is 0 Å². The van der Waals surface area contributed by atoms with Gasteiger partial charge in [0, 0.05) is 11.0 Å². The molecule has 0 amide bonds. The summed E-state index contributed by atoms with van der Waals surface area (Å²) in [6.45, 7) is 11.1. The number of rotatable bonds is 2. The smallest absolute Gasteiger partial charge is 0.138 e. The second kappa shape index (κ2) is 4.87. The Balaban J connectivity index is 2.25. The van der Waals surface area contributed by atoms with Crippen LogP contribution in [-0.4, -0.2) is 14.7 Å². The molecule has 1 aromatic carbocycles. The molecule has 0 unspecified atom stereocenters. The number of nitrogens with zero attached hydrogens (tertiary/aromatic N) is 3. The highest BCUT2D eigenvalue weighted by molar-refractivity contribution is 5.87. The second-order valence-electron chi connectivity index (χ2n) is 6.79. The van der Waals surface area contributed by atoms with Crippen LogP contribution in [0.3, 0.4) is 0 Å². The van der Waals surface area contributed by atoms with E-state index in [2.05, 4.69) is 36.6 Å². The highest BCUT2D eigenvalue weighted by Gasteiger charge is 2.25. The van der Waals surface area contributed by atoms with E-state index < -0.39 is 0 Å². The summed E-state index contributed by atoms with van der Waals surface area (Å²) in [5.41, 5.74) is 10.7. The molecule has 3 aromatic rings. The van der Waals surface area contributed by atoms with E-state index in [9.17, 15) is 0 Å². The molecule has 0 radical (unpaired) electrons. The van der Waals surface area contributed by atoms with Gasteiger partial charge in [-0.1, -0.05) is 32.0 Å². The summed E-state index contributed by atoms with van der Waals surface area (Å²) in [5, 5.41) is 4.05. The van der Waals surface area contributed by atoms with Crippen molar-refractivity contribution in [1.82, 2.24) is 14.7 Å². The molecule has 0 aliphatic carbocycles. The van der Waals surface area contributed by atoms with E-state index in [0.717, 1.165) is 33.9 Å². The maximum absolute atomic E-state index is 6.11. The predicted octanol–water partition coefficient (Wildman–Crippen LogP) is 3.57. The van der Waals surface area contributed by atoms with Crippen LogP contribution < -0.4 is 5.73 Å². The minimum Gasteiger partial charge on any atom is -0.397 e. The number of hydrogen-bond donors (Lipinski definition) is 1. The zero-order valence-electron chi connectivity index (χ0n) is 13.8. The number of aryl methyl sites for hydroxylation is 2. The Hall–Kier alpha value is -2.30. The molecular formula is C17H22N4O. The lowest BCUT2D eigenvalue weighted by Gasteiger charge is -2.20. The minimum atomic E-state index is -0.0789. The predicted molar refractivity (Wildman–Crippen MR) is 87.9 cm³/mol. The molecule has 22 heavy (non-hydrogen) atoms. The number of nitrogen functional groups attached to an aromatic ring is 1. The van der Waals surface area contributed by atoms with Crippen molar-refractivity contribution in [2.75, 3.05) is 5.73 Å². The first-order valence-corrected chi connectivity index (χ1v) is 7.46. The van der Waals surface area contributed by atoms with E-state index in [4.69, 9.17) is 15.2 Å². The van der Waals surface area contributed by atoms with Crippen LogP contribution in [0.1, 0.15) is 43.6 Å². The Bertz CT molecular complexity index is 817. The molecule has 0 atom stereocenters. The lowest BCUT2D eigenvalue weighted by Crippen LogP contribution is -2.19. The monoisotopic (exact) mass is 298 g/mol. The van der Waals surface area contributed by atoms with Gasteiger partial charge in [0.2, 0.25) is 0 Å². The standard InChI is InChI=1S/C17H22N4O/c1-10-12(11(2)22-20-10)9-21-14-8-6-7-13(18)15(14)19-16(21)17(3,4)5/h6-8H,9,18H2,1-5H3. The van der Waals surface area contributed by atoms with E-state index in [1.165, 1.54) is 0 Å². The van der Waals surface area contributed by atoms with Crippen LogP contribution >= 0.6 is 0 Å². The summed E-state index contributed by atoms with van der Waals surface area (Å²) >= 11 is 0. The Morgan fingerprint density at radius 3 is 2.55 bits per heavy atom. The van der Waals surface area contributed by atoms with Gasteiger partial charge in [-0.15, -0.1) is 0 Å². The molecule has 5 nitrogen and oxygen atoms in total. The van der Waals surface area contributed by atoms with E-state index in [-0.39, 0.29) is 5.41 Å². The van der Waals surface area contributed by atoms with Gasteiger partial charge < -0.3 is 14.8 Å². The van der Waals surface area contributed by atoms with Crippen molar-refractivity contribution in [3.8, 4) is 0 Å². The van der Waals surface area contributed by atoms with Gasteiger partial charge in [-0.2, -0.15) is 0 Å². The van der Waals surface area contributed by atoms with Crippen molar-refractivity contribution >= 4 is 16.7 Å². The van der Waals surface area contributed by atoms with Crippen LogP contribution in [0.25, 0.3) is 11.0 Å². The summed E-state index contributed by atoms with van der Waals surface area (Å²) < 4.78 is 7.52. The molecule has 2 aromatic heterocycles. The number of fused-ring (bicyclic) bond motifs is 1. The fourth-order valence-corrected chi connectivity index (χ4v) is 2.79. The molecule has 5 heteroatoms. The number of aromatic nitrogens is 3. The quantitative estimate of drug-likeness (QED) is 0.734. The molecule has 0 bridgehead atoms. The second-order valence-corrected chi connectivity index (χ2v) is 6.79. The Morgan fingerprint density at radius 1 is 1.23 bits per heavy atom. The van der Waals surface area contributed by atoms with Crippen LogP contribution in [0.5, 0.6) is 0 Å². The molecule has 0 saturated carbocycles. The topological polar surface area (TPSA) is 69.9 Å². The van der Waals surface area contributed by atoms with Crippen molar-refractivity contribution in [3.63, 3.8) is 0 Å². The van der Waals surface area contributed by atoms with Gasteiger partial charge in [-0.25, -0.2) is 4.98 Å². The SMILES string of the molecule is Cc1noc(C)c1Cn1c(C(C)(C)C)nc2c(N)cccc21. The van der Waals surface area contributed by atoms with E-state index >= 15 is 0 Å². The third kappa shape index (κ3) is 2.26. The van der Waals surface area contributed by atoms with Crippen LogP contribution in [0.15, 0.2) is 22.7 Å². The molecule has 0 fully saturated rings. The van der Waals surface area contributed by atoms with Crippen LogP contribution in [0, 0.1) is 13.8 Å². The number of imidazole rings is 1. The maximum atomic E-state index is 6.11.